The van der Waals surface area contributed by atoms with Crippen LogP contribution in [-0.4, -0.2) is 25.2 Å². The first-order chi connectivity index (χ1) is 9.83. The number of hydrogen-bond donors (Lipinski definition) is 1. The van der Waals surface area contributed by atoms with Crippen molar-refractivity contribution in [1.29, 1.82) is 5.26 Å². The predicted molar refractivity (Wildman–Crippen MR) is 79.4 cm³/mol. The van der Waals surface area contributed by atoms with Crippen molar-refractivity contribution in [2.75, 3.05) is 25.6 Å². The number of methoxy groups -OCH3 is 1. The van der Waals surface area contributed by atoms with Crippen LogP contribution in [0.4, 0.5) is 5.88 Å². The summed E-state index contributed by atoms with van der Waals surface area (Å²) in [6, 6.07) is 5.99. The molecular formula is C14H15N3O2S. The van der Waals surface area contributed by atoms with Crippen molar-refractivity contribution in [3.63, 3.8) is 0 Å². The highest BCUT2D eigenvalue weighted by Crippen LogP contribution is 2.19. The third-order valence-electron chi connectivity index (χ3n) is 2.49. The number of ether oxygens (including phenoxy) is 1. The number of nitrogens with zero attached hydrogens (tertiary/aromatic N) is 2. The summed E-state index contributed by atoms with van der Waals surface area (Å²) in [5.41, 5.74) is 0.272. The van der Waals surface area contributed by atoms with Gasteiger partial charge in [0.05, 0.1) is 0 Å². The largest absolute Gasteiger partial charge is 0.420 e. The second kappa shape index (κ2) is 7.48. The zero-order valence-corrected chi connectivity index (χ0v) is 11.9. The molecule has 0 atom stereocenters. The van der Waals surface area contributed by atoms with Crippen LogP contribution >= 0.6 is 11.3 Å². The van der Waals surface area contributed by atoms with Gasteiger partial charge < -0.3 is 14.5 Å². The van der Waals surface area contributed by atoms with Crippen molar-refractivity contribution in [3.05, 3.63) is 34.0 Å². The molecule has 0 radical (unpaired) electrons. The van der Waals surface area contributed by atoms with Gasteiger partial charge in [-0.2, -0.15) is 10.2 Å². The Kier molecular flexibility index (Phi) is 5.35. The molecule has 0 aliphatic carbocycles. The standard InChI is InChI=1S/C14H15N3O2S/c1-18-8-3-7-16-14-12(10-15)17-13(19-14)6-5-11-4-2-9-20-11/h2,4-6,9,16H,3,7-8H2,1H3/b6-5+. The molecular weight excluding hydrogens is 274 g/mol. The SMILES string of the molecule is COCCCNc1oc(/C=C/c2cccs2)nc1C#N. The van der Waals surface area contributed by atoms with E-state index in [1.165, 1.54) is 0 Å². The lowest BCUT2D eigenvalue weighted by molar-refractivity contribution is 0.197. The Labute approximate surface area is 121 Å². The van der Waals surface area contributed by atoms with Crippen molar-refractivity contribution in [1.82, 2.24) is 4.98 Å². The van der Waals surface area contributed by atoms with E-state index in [-0.39, 0.29) is 5.69 Å². The van der Waals surface area contributed by atoms with Crippen LogP contribution in [0.2, 0.25) is 0 Å². The van der Waals surface area contributed by atoms with Gasteiger partial charge >= 0.3 is 0 Å². The van der Waals surface area contributed by atoms with Gasteiger partial charge in [0.2, 0.25) is 17.5 Å². The van der Waals surface area contributed by atoms with Crippen molar-refractivity contribution >= 4 is 29.4 Å². The van der Waals surface area contributed by atoms with Crippen LogP contribution in [0.1, 0.15) is 22.9 Å². The number of thiophene rings is 1. The molecule has 0 saturated carbocycles. The summed E-state index contributed by atoms with van der Waals surface area (Å²) in [5, 5.41) is 14.1. The molecule has 0 unspecified atom stereocenters. The number of anilines is 1. The molecule has 104 valence electrons. The van der Waals surface area contributed by atoms with E-state index in [1.54, 1.807) is 24.5 Å². The number of aromatic nitrogens is 1. The highest BCUT2D eigenvalue weighted by atomic mass is 32.1. The quantitative estimate of drug-likeness (QED) is 0.792. The highest BCUT2D eigenvalue weighted by Gasteiger charge is 2.10. The van der Waals surface area contributed by atoms with Gasteiger partial charge in [0, 0.05) is 31.2 Å². The average molecular weight is 289 g/mol. The summed E-state index contributed by atoms with van der Waals surface area (Å²) in [6.07, 6.45) is 4.50. The number of hydrogen-bond acceptors (Lipinski definition) is 6. The average Bonchev–Trinajstić information content (AvgIpc) is 3.10. The molecule has 0 aliphatic rings. The Morgan fingerprint density at radius 1 is 1.55 bits per heavy atom. The normalized spacial score (nSPS) is 10.8. The van der Waals surface area contributed by atoms with Gasteiger partial charge in [0.25, 0.3) is 0 Å². The molecule has 0 saturated heterocycles. The smallest absolute Gasteiger partial charge is 0.232 e. The molecule has 0 fully saturated rings. The van der Waals surface area contributed by atoms with Gasteiger partial charge in [-0.3, -0.25) is 0 Å². The number of nitrogens with one attached hydrogen (secondary N) is 1. The highest BCUT2D eigenvalue weighted by molar-refractivity contribution is 7.10. The molecule has 5 nitrogen and oxygen atoms in total. The molecule has 2 aromatic heterocycles. The van der Waals surface area contributed by atoms with Crippen LogP contribution in [0.5, 0.6) is 0 Å². The van der Waals surface area contributed by atoms with E-state index in [9.17, 15) is 0 Å². The Hall–Kier alpha value is -2.10. The molecule has 0 bridgehead atoms. The van der Waals surface area contributed by atoms with Crippen molar-refractivity contribution in [2.45, 2.75) is 6.42 Å². The van der Waals surface area contributed by atoms with Gasteiger partial charge in [-0.15, -0.1) is 11.3 Å². The lowest BCUT2D eigenvalue weighted by Crippen LogP contribution is -2.04. The number of oxazole rings is 1. The second-order valence-electron chi connectivity index (χ2n) is 3.96. The van der Waals surface area contributed by atoms with Crippen LogP contribution in [0.3, 0.4) is 0 Å². The van der Waals surface area contributed by atoms with Crippen molar-refractivity contribution < 1.29 is 9.15 Å². The summed E-state index contributed by atoms with van der Waals surface area (Å²) >= 11 is 1.63. The summed E-state index contributed by atoms with van der Waals surface area (Å²) < 4.78 is 10.5. The monoisotopic (exact) mass is 289 g/mol. The Morgan fingerprint density at radius 3 is 3.15 bits per heavy atom. The van der Waals surface area contributed by atoms with E-state index in [2.05, 4.69) is 10.3 Å². The molecule has 0 aliphatic heterocycles. The van der Waals surface area contributed by atoms with E-state index in [0.29, 0.717) is 24.9 Å². The maximum absolute atomic E-state index is 9.03. The van der Waals surface area contributed by atoms with E-state index in [1.807, 2.05) is 29.7 Å². The summed E-state index contributed by atoms with van der Waals surface area (Å²) in [6.45, 7) is 1.33. The fourth-order valence-electron chi connectivity index (χ4n) is 1.56. The lowest BCUT2D eigenvalue weighted by atomic mass is 10.4. The van der Waals surface area contributed by atoms with Crippen molar-refractivity contribution in [3.8, 4) is 6.07 Å². The fourth-order valence-corrected chi connectivity index (χ4v) is 2.18. The van der Waals surface area contributed by atoms with Crippen molar-refractivity contribution in [2.24, 2.45) is 0 Å². The molecule has 2 aromatic rings. The Morgan fingerprint density at radius 2 is 2.45 bits per heavy atom. The van der Waals surface area contributed by atoms with E-state index >= 15 is 0 Å². The first-order valence-electron chi connectivity index (χ1n) is 6.19. The maximum Gasteiger partial charge on any atom is 0.232 e. The minimum absolute atomic E-state index is 0.272. The minimum atomic E-state index is 0.272. The van der Waals surface area contributed by atoms with Gasteiger partial charge in [-0.05, 0) is 23.9 Å². The number of rotatable bonds is 7. The van der Waals surface area contributed by atoms with Gasteiger partial charge in [0.1, 0.15) is 6.07 Å². The van der Waals surface area contributed by atoms with Crippen LogP contribution in [0, 0.1) is 11.3 Å². The Bertz CT molecular complexity index is 596. The van der Waals surface area contributed by atoms with Crippen LogP contribution in [0.25, 0.3) is 12.2 Å². The topological polar surface area (TPSA) is 71.1 Å². The third-order valence-corrected chi connectivity index (χ3v) is 3.33. The molecule has 0 amide bonds. The fraction of sp³-hybridized carbons (Fsp3) is 0.286. The van der Waals surface area contributed by atoms with Crippen LogP contribution in [-0.2, 0) is 4.74 Å². The first kappa shape index (κ1) is 14.3. The molecule has 0 aromatic carbocycles. The van der Waals surface area contributed by atoms with Gasteiger partial charge in [-0.25, -0.2) is 0 Å². The molecule has 6 heteroatoms. The summed E-state index contributed by atoms with van der Waals surface area (Å²) in [7, 11) is 1.66. The molecule has 0 spiro atoms. The third kappa shape index (κ3) is 3.95. The predicted octanol–water partition coefficient (Wildman–Crippen LogP) is 3.23. The summed E-state index contributed by atoms with van der Waals surface area (Å²) in [5.74, 6) is 0.832. The molecule has 20 heavy (non-hydrogen) atoms. The molecule has 2 heterocycles. The van der Waals surface area contributed by atoms with E-state index in [4.69, 9.17) is 14.4 Å². The second-order valence-corrected chi connectivity index (χ2v) is 4.94. The molecule has 1 N–H and O–H groups in total. The molecule has 2 rings (SSSR count). The van der Waals surface area contributed by atoms with E-state index in [0.717, 1.165) is 11.3 Å². The maximum atomic E-state index is 9.03. The minimum Gasteiger partial charge on any atom is -0.420 e. The van der Waals surface area contributed by atoms with Gasteiger partial charge in [0.15, 0.2) is 0 Å². The first-order valence-corrected chi connectivity index (χ1v) is 7.07. The van der Waals surface area contributed by atoms with Crippen LogP contribution < -0.4 is 5.32 Å². The van der Waals surface area contributed by atoms with Crippen LogP contribution in [0.15, 0.2) is 21.9 Å². The zero-order valence-electron chi connectivity index (χ0n) is 11.1. The van der Waals surface area contributed by atoms with E-state index < -0.39 is 0 Å². The number of nitriles is 1. The van der Waals surface area contributed by atoms with Gasteiger partial charge in [-0.1, -0.05) is 6.07 Å². The Balaban J connectivity index is 2.01. The summed E-state index contributed by atoms with van der Waals surface area (Å²) in [4.78, 5) is 5.23. The zero-order chi connectivity index (χ0) is 14.2. The lowest BCUT2D eigenvalue weighted by Gasteiger charge is -2.01.